The molecule has 0 atom stereocenters. The molecule has 0 radical (unpaired) electrons. The maximum Gasteiger partial charge on any atom is 0.0991 e. The second-order valence-corrected chi connectivity index (χ2v) is 5.77. The Morgan fingerprint density at radius 1 is 0.864 bits per heavy atom. The molecular weight excluding hydrogens is 276 g/mol. The zero-order valence-corrected chi connectivity index (χ0v) is 13.8. The van der Waals surface area contributed by atoms with Crippen LogP contribution in [-0.4, -0.2) is 91.8 Å². The molecule has 0 spiro atoms. The molecule has 1 fully saturated rings. The molecule has 1 aliphatic rings. The van der Waals surface area contributed by atoms with Gasteiger partial charge in [-0.05, 0) is 0 Å². The Labute approximate surface area is 135 Å². The average molecular weight is 308 g/mol. The van der Waals surface area contributed by atoms with Gasteiger partial charge < -0.3 is 10.4 Å². The first-order valence-electron chi connectivity index (χ1n) is 8.12. The Morgan fingerprint density at radius 3 is 1.82 bits per heavy atom. The van der Waals surface area contributed by atoms with Gasteiger partial charge in [-0.15, -0.1) is 13.2 Å². The number of nitrogens with zero attached hydrogens (tertiary/aromatic N) is 3. The largest absolute Gasteiger partial charge is 0.512 e. The minimum Gasteiger partial charge on any atom is -0.512 e. The summed E-state index contributed by atoms with van der Waals surface area (Å²) in [7, 11) is 0. The van der Waals surface area contributed by atoms with Gasteiger partial charge in [0.1, 0.15) is 0 Å². The van der Waals surface area contributed by atoms with E-state index in [-0.39, 0.29) is 5.76 Å². The van der Waals surface area contributed by atoms with Crippen LogP contribution in [-0.2, 0) is 0 Å². The van der Waals surface area contributed by atoms with E-state index < -0.39 is 0 Å². The highest BCUT2D eigenvalue weighted by atomic mass is 16.3. The molecule has 0 unspecified atom stereocenters. The normalized spacial score (nSPS) is 20.7. The van der Waals surface area contributed by atoms with Crippen molar-refractivity contribution >= 4 is 0 Å². The van der Waals surface area contributed by atoms with Crippen LogP contribution in [0.4, 0.5) is 0 Å². The number of rotatable bonds is 6. The zero-order chi connectivity index (χ0) is 16.2. The summed E-state index contributed by atoms with van der Waals surface area (Å²) in [5, 5.41) is 12.9. The molecule has 126 valence electrons. The molecule has 1 saturated heterocycles. The van der Waals surface area contributed by atoms with Crippen molar-refractivity contribution in [2.24, 2.45) is 0 Å². The first-order valence-corrected chi connectivity index (χ1v) is 8.12. The van der Waals surface area contributed by atoms with E-state index in [1.54, 1.807) is 0 Å². The van der Waals surface area contributed by atoms with Crippen LogP contribution in [0, 0.1) is 0 Å². The summed E-state index contributed by atoms with van der Waals surface area (Å²) < 4.78 is 0. The van der Waals surface area contributed by atoms with Crippen molar-refractivity contribution in [1.82, 2.24) is 20.0 Å². The van der Waals surface area contributed by atoms with Crippen molar-refractivity contribution in [1.29, 1.82) is 0 Å². The van der Waals surface area contributed by atoms with E-state index in [1.807, 2.05) is 12.2 Å². The van der Waals surface area contributed by atoms with Gasteiger partial charge in [-0.25, -0.2) is 0 Å². The van der Waals surface area contributed by atoms with Crippen LogP contribution < -0.4 is 5.32 Å². The molecule has 5 nitrogen and oxygen atoms in total. The van der Waals surface area contributed by atoms with Gasteiger partial charge in [0, 0.05) is 65.4 Å². The topological polar surface area (TPSA) is 42.0 Å². The van der Waals surface area contributed by atoms with Gasteiger partial charge in [0.2, 0.25) is 0 Å². The predicted molar refractivity (Wildman–Crippen MR) is 94.4 cm³/mol. The second-order valence-electron chi connectivity index (χ2n) is 5.77. The van der Waals surface area contributed by atoms with Crippen molar-refractivity contribution in [3.05, 3.63) is 37.6 Å². The molecule has 1 aliphatic heterocycles. The quantitative estimate of drug-likeness (QED) is 0.565. The summed E-state index contributed by atoms with van der Waals surface area (Å²) >= 11 is 0. The molecule has 0 aromatic heterocycles. The first-order chi connectivity index (χ1) is 10.7. The number of aliphatic hydroxyl groups is 1. The van der Waals surface area contributed by atoms with Gasteiger partial charge >= 0.3 is 0 Å². The van der Waals surface area contributed by atoms with E-state index in [2.05, 4.69) is 39.8 Å². The summed E-state index contributed by atoms with van der Waals surface area (Å²) in [6.07, 6.45) is 3.93. The van der Waals surface area contributed by atoms with E-state index in [0.29, 0.717) is 6.54 Å². The molecule has 0 aliphatic carbocycles. The molecule has 5 heteroatoms. The second kappa shape index (κ2) is 11.4. The highest BCUT2D eigenvalue weighted by molar-refractivity contribution is 4.85. The minimum atomic E-state index is 0.236. The summed E-state index contributed by atoms with van der Waals surface area (Å²) in [5.41, 5.74) is 0. The van der Waals surface area contributed by atoms with Crippen molar-refractivity contribution < 1.29 is 5.11 Å². The lowest BCUT2D eigenvalue weighted by molar-refractivity contribution is 0.179. The number of aliphatic hydroxyl groups excluding tert-OH is 1. The average Bonchev–Trinajstić information content (AvgIpc) is 2.46. The van der Waals surface area contributed by atoms with Crippen LogP contribution in [0.15, 0.2) is 37.6 Å². The van der Waals surface area contributed by atoms with E-state index in [9.17, 15) is 5.11 Å². The van der Waals surface area contributed by atoms with Gasteiger partial charge in [-0.1, -0.05) is 18.7 Å². The maximum absolute atomic E-state index is 9.45. The van der Waals surface area contributed by atoms with E-state index in [1.165, 1.54) is 0 Å². The van der Waals surface area contributed by atoms with Gasteiger partial charge in [0.15, 0.2) is 0 Å². The molecule has 1 heterocycles. The highest BCUT2D eigenvalue weighted by Crippen LogP contribution is 1.99. The Kier molecular flexibility index (Phi) is 9.82. The third kappa shape index (κ3) is 8.34. The zero-order valence-electron chi connectivity index (χ0n) is 13.8. The Morgan fingerprint density at radius 2 is 1.32 bits per heavy atom. The SMILES string of the molecule is C=CCN1CCNCCN(CC(=C)O)CCN(CC=C)CC1. The number of nitrogens with one attached hydrogen (secondary N) is 1. The van der Waals surface area contributed by atoms with Crippen LogP contribution in [0.3, 0.4) is 0 Å². The van der Waals surface area contributed by atoms with Gasteiger partial charge in [0.25, 0.3) is 0 Å². The Hall–Kier alpha value is -1.14. The van der Waals surface area contributed by atoms with Gasteiger partial charge in [-0.3, -0.25) is 14.7 Å². The molecule has 0 aromatic carbocycles. The third-order valence-corrected chi connectivity index (χ3v) is 3.86. The van der Waals surface area contributed by atoms with E-state index in [4.69, 9.17) is 0 Å². The molecular formula is C17H32N4O. The standard InChI is InChI=1S/C17H32N4O/c1-4-8-19-10-6-18-7-11-21(16-17(3)22)15-14-20(9-5-2)13-12-19/h4-5,18,22H,1-3,6-16H2. The van der Waals surface area contributed by atoms with Crippen molar-refractivity contribution in [3.8, 4) is 0 Å². The fourth-order valence-electron chi connectivity index (χ4n) is 2.65. The molecule has 0 amide bonds. The van der Waals surface area contributed by atoms with E-state index in [0.717, 1.165) is 65.4 Å². The van der Waals surface area contributed by atoms with Gasteiger partial charge in [-0.2, -0.15) is 0 Å². The summed E-state index contributed by atoms with van der Waals surface area (Å²) in [5.74, 6) is 0.236. The van der Waals surface area contributed by atoms with Crippen molar-refractivity contribution in [2.45, 2.75) is 0 Å². The monoisotopic (exact) mass is 308 g/mol. The van der Waals surface area contributed by atoms with E-state index >= 15 is 0 Å². The Balaban J connectivity index is 2.60. The van der Waals surface area contributed by atoms with Gasteiger partial charge in [0.05, 0.1) is 12.3 Å². The van der Waals surface area contributed by atoms with Crippen LogP contribution in [0.1, 0.15) is 0 Å². The lowest BCUT2D eigenvalue weighted by Gasteiger charge is -2.30. The van der Waals surface area contributed by atoms with Crippen LogP contribution in [0.2, 0.25) is 0 Å². The number of hydrogen-bond acceptors (Lipinski definition) is 5. The fraction of sp³-hybridized carbons (Fsp3) is 0.647. The molecule has 0 aromatic rings. The van der Waals surface area contributed by atoms with Crippen molar-refractivity contribution in [2.75, 3.05) is 72.0 Å². The predicted octanol–water partition coefficient (Wildman–Crippen LogP) is 0.939. The smallest absolute Gasteiger partial charge is 0.0991 e. The minimum absolute atomic E-state index is 0.236. The summed E-state index contributed by atoms with van der Waals surface area (Å²) in [6, 6.07) is 0. The maximum atomic E-state index is 9.45. The molecule has 22 heavy (non-hydrogen) atoms. The lowest BCUT2D eigenvalue weighted by atomic mass is 10.3. The summed E-state index contributed by atoms with van der Waals surface area (Å²) in [4.78, 5) is 7.07. The first kappa shape index (κ1) is 18.9. The van der Waals surface area contributed by atoms with Crippen LogP contribution >= 0.6 is 0 Å². The molecule has 0 saturated carbocycles. The summed E-state index contributed by atoms with van der Waals surface area (Å²) in [6.45, 7) is 21.5. The molecule has 1 rings (SSSR count). The Bertz CT molecular complexity index is 346. The molecule has 2 N–H and O–H groups in total. The number of hydrogen-bond donors (Lipinski definition) is 2. The van der Waals surface area contributed by atoms with Crippen molar-refractivity contribution in [3.63, 3.8) is 0 Å². The van der Waals surface area contributed by atoms with Crippen LogP contribution in [0.5, 0.6) is 0 Å². The lowest BCUT2D eigenvalue weighted by Crippen LogP contribution is -2.45. The third-order valence-electron chi connectivity index (χ3n) is 3.86. The fourth-order valence-corrected chi connectivity index (χ4v) is 2.65. The molecule has 0 bridgehead atoms. The highest BCUT2D eigenvalue weighted by Gasteiger charge is 2.12. The van der Waals surface area contributed by atoms with Crippen LogP contribution in [0.25, 0.3) is 0 Å².